The Morgan fingerprint density at radius 2 is 1.95 bits per heavy atom. The zero-order valence-corrected chi connectivity index (χ0v) is 15.0. The molecule has 1 aliphatic rings. The second-order valence-corrected chi connectivity index (χ2v) is 7.71. The lowest BCUT2D eigenvalue weighted by molar-refractivity contribution is 0.250. The van der Waals surface area contributed by atoms with Gasteiger partial charge in [0, 0.05) is 25.2 Å². The average Bonchev–Trinajstić information content (AvgIpc) is 2.47. The maximum absolute atomic E-state index is 12.7. The monoisotopic (exact) mass is 368 g/mol. The topological polar surface area (TPSA) is 72.6 Å². The van der Waals surface area contributed by atoms with Gasteiger partial charge in [-0.15, -0.1) is 12.4 Å². The smallest absolute Gasteiger partial charge is 0.244 e. The van der Waals surface area contributed by atoms with E-state index in [1.807, 2.05) is 6.92 Å². The average molecular weight is 369 g/mol. The largest absolute Gasteiger partial charge is 0.497 e. The lowest BCUT2D eigenvalue weighted by Gasteiger charge is -2.33. The number of nitrogens with zero attached hydrogens (tertiary/aromatic N) is 1. The summed E-state index contributed by atoms with van der Waals surface area (Å²) in [6, 6.07) is 4.75. The van der Waals surface area contributed by atoms with E-state index >= 15 is 0 Å². The number of methoxy groups -OCH3 is 1. The molecule has 22 heavy (non-hydrogen) atoms. The number of piperidine rings is 1. The van der Waals surface area contributed by atoms with E-state index in [1.54, 1.807) is 12.1 Å². The Bertz CT molecular complexity index is 600. The van der Waals surface area contributed by atoms with Gasteiger partial charge in [-0.1, -0.05) is 11.6 Å². The van der Waals surface area contributed by atoms with Crippen LogP contribution in [0.4, 0.5) is 0 Å². The van der Waals surface area contributed by atoms with E-state index in [-0.39, 0.29) is 28.4 Å². The van der Waals surface area contributed by atoms with Gasteiger partial charge in [-0.25, -0.2) is 8.42 Å². The fourth-order valence-corrected chi connectivity index (χ4v) is 4.55. The van der Waals surface area contributed by atoms with Gasteiger partial charge in [-0.05, 0) is 37.8 Å². The Kier molecular flexibility index (Phi) is 6.95. The highest BCUT2D eigenvalue weighted by Crippen LogP contribution is 2.31. The quantitative estimate of drug-likeness (QED) is 0.885. The van der Waals surface area contributed by atoms with E-state index < -0.39 is 10.0 Å². The lowest BCUT2D eigenvalue weighted by atomic mass is 9.92. The van der Waals surface area contributed by atoms with Crippen LogP contribution in [0.3, 0.4) is 0 Å². The molecule has 2 N–H and O–H groups in total. The van der Waals surface area contributed by atoms with Crippen LogP contribution in [0.1, 0.15) is 19.8 Å². The molecular weight excluding hydrogens is 347 g/mol. The minimum Gasteiger partial charge on any atom is -0.497 e. The summed E-state index contributed by atoms with van der Waals surface area (Å²) in [6.45, 7) is 2.91. The number of sulfonamides is 1. The van der Waals surface area contributed by atoms with Crippen molar-refractivity contribution in [2.45, 2.75) is 30.7 Å². The van der Waals surface area contributed by atoms with Crippen molar-refractivity contribution in [1.82, 2.24) is 4.31 Å². The van der Waals surface area contributed by atoms with Gasteiger partial charge in [-0.3, -0.25) is 0 Å². The molecule has 0 saturated carbocycles. The molecule has 0 amide bonds. The van der Waals surface area contributed by atoms with Gasteiger partial charge in [0.05, 0.1) is 12.1 Å². The van der Waals surface area contributed by atoms with Crippen LogP contribution in [0.25, 0.3) is 0 Å². The maximum Gasteiger partial charge on any atom is 0.244 e. The van der Waals surface area contributed by atoms with E-state index in [2.05, 4.69) is 0 Å². The highest BCUT2D eigenvalue weighted by Gasteiger charge is 2.32. The number of nitrogens with two attached hydrogens (primary N) is 1. The Morgan fingerprint density at radius 1 is 1.36 bits per heavy atom. The molecule has 0 aromatic heterocycles. The van der Waals surface area contributed by atoms with Crippen LogP contribution in [0.2, 0.25) is 5.02 Å². The van der Waals surface area contributed by atoms with Gasteiger partial charge >= 0.3 is 0 Å². The van der Waals surface area contributed by atoms with Gasteiger partial charge in [0.25, 0.3) is 0 Å². The number of hydrogen-bond acceptors (Lipinski definition) is 4. The van der Waals surface area contributed by atoms with Crippen molar-refractivity contribution in [2.24, 2.45) is 11.7 Å². The van der Waals surface area contributed by atoms with E-state index in [4.69, 9.17) is 22.1 Å². The Balaban J connectivity index is 0.00000242. The number of hydrogen-bond donors (Lipinski definition) is 1. The molecule has 1 heterocycles. The van der Waals surface area contributed by atoms with E-state index in [0.29, 0.717) is 24.8 Å². The first-order chi connectivity index (χ1) is 9.86. The van der Waals surface area contributed by atoms with E-state index in [0.717, 1.165) is 12.8 Å². The molecule has 0 bridgehead atoms. The molecule has 1 atom stereocenters. The molecule has 8 heteroatoms. The summed E-state index contributed by atoms with van der Waals surface area (Å²) in [5, 5.41) is 0.213. The summed E-state index contributed by atoms with van der Waals surface area (Å²) < 4.78 is 32.0. The van der Waals surface area contributed by atoms with Crippen molar-refractivity contribution < 1.29 is 13.2 Å². The van der Waals surface area contributed by atoms with Crippen molar-refractivity contribution in [2.75, 3.05) is 20.2 Å². The van der Waals surface area contributed by atoms with Crippen LogP contribution in [0.15, 0.2) is 23.1 Å². The van der Waals surface area contributed by atoms with Gasteiger partial charge in [0.1, 0.15) is 10.6 Å². The normalized spacial score (nSPS) is 18.5. The Morgan fingerprint density at radius 3 is 2.45 bits per heavy atom. The minimum atomic E-state index is -3.59. The van der Waals surface area contributed by atoms with Crippen LogP contribution in [-0.4, -0.2) is 39.0 Å². The van der Waals surface area contributed by atoms with Crippen LogP contribution in [0.5, 0.6) is 5.75 Å². The minimum absolute atomic E-state index is 0. The second kappa shape index (κ2) is 7.84. The molecule has 126 valence electrons. The molecule has 2 rings (SSSR count). The molecule has 0 radical (unpaired) electrons. The van der Waals surface area contributed by atoms with Gasteiger partial charge in [0.15, 0.2) is 0 Å². The maximum atomic E-state index is 12.7. The fourth-order valence-electron chi connectivity index (χ4n) is 2.59. The predicted octanol–water partition coefficient (Wildman–Crippen LogP) is 2.52. The van der Waals surface area contributed by atoms with Crippen LogP contribution in [0, 0.1) is 5.92 Å². The van der Waals surface area contributed by atoms with Crippen molar-refractivity contribution in [3.63, 3.8) is 0 Å². The van der Waals surface area contributed by atoms with Crippen molar-refractivity contribution in [3.05, 3.63) is 23.2 Å². The van der Waals surface area contributed by atoms with E-state index in [1.165, 1.54) is 17.5 Å². The van der Waals surface area contributed by atoms with Gasteiger partial charge in [0.2, 0.25) is 10.0 Å². The highest BCUT2D eigenvalue weighted by atomic mass is 35.5. The summed E-state index contributed by atoms with van der Waals surface area (Å²) in [7, 11) is -2.10. The third-order valence-corrected chi connectivity index (χ3v) is 6.38. The Labute approximate surface area is 143 Å². The summed E-state index contributed by atoms with van der Waals surface area (Å²) in [5.74, 6) is 0.848. The fraction of sp³-hybridized carbons (Fsp3) is 0.571. The van der Waals surface area contributed by atoms with Crippen LogP contribution < -0.4 is 10.5 Å². The number of benzene rings is 1. The van der Waals surface area contributed by atoms with Crippen molar-refractivity contribution in [1.29, 1.82) is 0 Å². The van der Waals surface area contributed by atoms with Crippen LogP contribution >= 0.6 is 24.0 Å². The zero-order valence-electron chi connectivity index (χ0n) is 12.7. The molecule has 1 fully saturated rings. The third-order valence-electron chi connectivity index (χ3n) is 4.00. The first-order valence-corrected chi connectivity index (χ1v) is 8.77. The first kappa shape index (κ1) is 19.5. The summed E-state index contributed by atoms with van der Waals surface area (Å²) in [4.78, 5) is 0.0998. The number of halogens is 2. The molecule has 0 aliphatic carbocycles. The summed E-state index contributed by atoms with van der Waals surface area (Å²) in [5.41, 5.74) is 5.89. The number of rotatable bonds is 4. The third kappa shape index (κ3) is 4.06. The lowest BCUT2D eigenvalue weighted by Crippen LogP contribution is -2.42. The predicted molar refractivity (Wildman–Crippen MR) is 90.4 cm³/mol. The number of ether oxygens (including phenoxy) is 1. The Hall–Kier alpha value is -0.530. The first-order valence-electron chi connectivity index (χ1n) is 6.95. The molecule has 1 saturated heterocycles. The van der Waals surface area contributed by atoms with Crippen molar-refractivity contribution >= 4 is 34.0 Å². The molecule has 1 aliphatic heterocycles. The second-order valence-electron chi connectivity index (χ2n) is 5.40. The summed E-state index contributed by atoms with van der Waals surface area (Å²) in [6.07, 6.45) is 1.55. The van der Waals surface area contributed by atoms with Crippen molar-refractivity contribution in [3.8, 4) is 5.75 Å². The van der Waals surface area contributed by atoms with Crippen LogP contribution in [-0.2, 0) is 10.0 Å². The highest BCUT2D eigenvalue weighted by molar-refractivity contribution is 7.89. The van der Waals surface area contributed by atoms with Gasteiger partial charge < -0.3 is 10.5 Å². The molecule has 5 nitrogen and oxygen atoms in total. The summed E-state index contributed by atoms with van der Waals surface area (Å²) >= 11 is 6.05. The molecule has 1 aromatic rings. The molecule has 1 aromatic carbocycles. The van der Waals surface area contributed by atoms with E-state index in [9.17, 15) is 8.42 Å². The van der Waals surface area contributed by atoms with Gasteiger partial charge in [-0.2, -0.15) is 4.31 Å². The SMILES string of the molecule is COc1ccc(Cl)c(S(=O)(=O)N2CCC(C(C)N)CC2)c1.Cl. The molecule has 1 unspecified atom stereocenters. The molecule has 0 spiro atoms. The molecular formula is C14H22Cl2N2O3S. The standard InChI is InChI=1S/C14H21ClN2O3S.ClH/c1-10(16)11-5-7-17(8-6-11)21(18,19)14-9-12(20-2)3-4-13(14)15;/h3-4,9-11H,5-8,16H2,1-2H3;1H. The zero-order chi connectivity index (χ0) is 15.6.